The minimum atomic E-state index is 0.0311. The number of nitrogens with zero attached hydrogens (tertiary/aromatic N) is 1. The smallest absolute Gasteiger partial charge is 0.222 e. The van der Waals surface area contributed by atoms with Crippen molar-refractivity contribution in [2.24, 2.45) is 5.92 Å². The van der Waals surface area contributed by atoms with Gasteiger partial charge in [0, 0.05) is 23.3 Å². The number of hydrogen-bond acceptors (Lipinski definition) is 4. The molecule has 0 radical (unpaired) electrons. The Balaban J connectivity index is 1.67. The Bertz CT molecular complexity index is 765. The average Bonchev–Trinajstić information content (AvgIpc) is 2.56. The van der Waals surface area contributed by atoms with Gasteiger partial charge in [-0.2, -0.15) is 0 Å². The molecule has 1 aliphatic carbocycles. The number of pyridine rings is 1. The molecule has 0 unspecified atom stereocenters. The number of nitrogen functional groups attached to an aromatic ring is 1. The molecule has 1 saturated carbocycles. The van der Waals surface area contributed by atoms with E-state index in [9.17, 15) is 4.79 Å². The van der Waals surface area contributed by atoms with E-state index in [2.05, 4.69) is 10.3 Å². The van der Waals surface area contributed by atoms with Crippen LogP contribution in [0.15, 0.2) is 24.3 Å². The van der Waals surface area contributed by atoms with E-state index in [1.165, 1.54) is 0 Å². The molecule has 1 fully saturated rings. The van der Waals surface area contributed by atoms with E-state index < -0.39 is 0 Å². The van der Waals surface area contributed by atoms with Crippen LogP contribution < -0.4 is 15.8 Å². The monoisotopic (exact) mass is 341 g/mol. The number of fused-ring (bicyclic) bond motifs is 1. The zero-order chi connectivity index (χ0) is 18.0. The number of nitrogens with one attached hydrogen (secondary N) is 1. The third-order valence-corrected chi connectivity index (χ3v) is 4.79. The van der Waals surface area contributed by atoms with Gasteiger partial charge in [0.25, 0.3) is 0 Å². The SMILES string of the molecule is Cc1cc(N)c2c(O[C@H]3CC[C@H](NC(=O)C(C)C)CC3)cccc2n1. The lowest BCUT2D eigenvalue weighted by Gasteiger charge is -2.30. The molecule has 1 aliphatic rings. The summed E-state index contributed by atoms with van der Waals surface area (Å²) in [4.78, 5) is 16.4. The van der Waals surface area contributed by atoms with Crippen molar-refractivity contribution in [2.45, 2.75) is 58.6 Å². The van der Waals surface area contributed by atoms with E-state index in [0.29, 0.717) is 5.69 Å². The molecule has 1 aromatic carbocycles. The number of benzene rings is 1. The van der Waals surface area contributed by atoms with Crippen molar-refractivity contribution in [1.29, 1.82) is 0 Å². The number of rotatable bonds is 4. The summed E-state index contributed by atoms with van der Waals surface area (Å²) in [6, 6.07) is 8.02. The van der Waals surface area contributed by atoms with Crippen LogP contribution in [0.3, 0.4) is 0 Å². The second kappa shape index (κ2) is 7.30. The molecule has 0 atom stereocenters. The van der Waals surface area contributed by atoms with Gasteiger partial charge in [0.2, 0.25) is 5.91 Å². The van der Waals surface area contributed by atoms with Crippen molar-refractivity contribution in [3.63, 3.8) is 0 Å². The van der Waals surface area contributed by atoms with Gasteiger partial charge in [-0.05, 0) is 50.8 Å². The minimum Gasteiger partial charge on any atom is -0.490 e. The van der Waals surface area contributed by atoms with Crippen molar-refractivity contribution in [1.82, 2.24) is 10.3 Å². The van der Waals surface area contributed by atoms with Gasteiger partial charge in [0.05, 0.1) is 17.0 Å². The fourth-order valence-electron chi connectivity index (χ4n) is 3.39. The third-order valence-electron chi connectivity index (χ3n) is 4.79. The number of carbonyl (C=O) groups is 1. The number of nitrogens with two attached hydrogens (primary N) is 1. The maximum Gasteiger partial charge on any atom is 0.222 e. The molecule has 5 nitrogen and oxygen atoms in total. The summed E-state index contributed by atoms with van der Waals surface area (Å²) >= 11 is 0. The van der Waals surface area contributed by atoms with Crippen molar-refractivity contribution in [3.05, 3.63) is 30.0 Å². The van der Waals surface area contributed by atoms with Gasteiger partial charge in [0.15, 0.2) is 0 Å². The Labute approximate surface area is 149 Å². The molecule has 0 saturated heterocycles. The molecule has 0 bridgehead atoms. The number of aryl methyl sites for hydroxylation is 1. The van der Waals surface area contributed by atoms with E-state index in [0.717, 1.165) is 48.0 Å². The fraction of sp³-hybridized carbons (Fsp3) is 0.500. The Morgan fingerprint density at radius 3 is 2.68 bits per heavy atom. The van der Waals surface area contributed by atoms with E-state index in [1.54, 1.807) is 0 Å². The standard InChI is InChI=1S/C20H27N3O2/c1-12(2)20(24)23-14-7-9-15(10-8-14)25-18-6-4-5-17-19(18)16(21)11-13(3)22-17/h4-6,11-12,14-15H,7-10H2,1-3H3,(H2,21,22)(H,23,24)/t14-,15-. The molecule has 25 heavy (non-hydrogen) atoms. The van der Waals surface area contributed by atoms with E-state index in [4.69, 9.17) is 10.5 Å². The second-order valence-corrected chi connectivity index (χ2v) is 7.26. The average molecular weight is 341 g/mol. The predicted octanol–water partition coefficient (Wildman–Crippen LogP) is 3.59. The van der Waals surface area contributed by atoms with Gasteiger partial charge in [0.1, 0.15) is 5.75 Å². The van der Waals surface area contributed by atoms with Crippen LogP contribution in [0, 0.1) is 12.8 Å². The first-order chi connectivity index (χ1) is 11.9. The lowest BCUT2D eigenvalue weighted by Crippen LogP contribution is -2.41. The summed E-state index contributed by atoms with van der Waals surface area (Å²) in [7, 11) is 0. The first-order valence-corrected chi connectivity index (χ1v) is 9.07. The van der Waals surface area contributed by atoms with E-state index in [-0.39, 0.29) is 24.0 Å². The van der Waals surface area contributed by atoms with Crippen LogP contribution in [-0.4, -0.2) is 23.0 Å². The molecule has 2 aromatic rings. The molecule has 1 heterocycles. The highest BCUT2D eigenvalue weighted by Gasteiger charge is 2.25. The molecular weight excluding hydrogens is 314 g/mol. The number of amides is 1. The predicted molar refractivity (Wildman–Crippen MR) is 101 cm³/mol. The van der Waals surface area contributed by atoms with Crippen molar-refractivity contribution < 1.29 is 9.53 Å². The third kappa shape index (κ3) is 4.03. The van der Waals surface area contributed by atoms with Gasteiger partial charge in [-0.15, -0.1) is 0 Å². The van der Waals surface area contributed by atoms with E-state index >= 15 is 0 Å². The first-order valence-electron chi connectivity index (χ1n) is 9.07. The number of hydrogen-bond donors (Lipinski definition) is 2. The number of ether oxygens (including phenoxy) is 1. The van der Waals surface area contributed by atoms with Crippen LogP contribution in [0.1, 0.15) is 45.2 Å². The first kappa shape index (κ1) is 17.5. The summed E-state index contributed by atoms with van der Waals surface area (Å²) in [5.41, 5.74) is 8.68. The highest BCUT2D eigenvalue weighted by atomic mass is 16.5. The molecule has 3 N–H and O–H groups in total. The van der Waals surface area contributed by atoms with Crippen molar-refractivity contribution in [3.8, 4) is 5.75 Å². The van der Waals surface area contributed by atoms with Gasteiger partial charge < -0.3 is 15.8 Å². The Morgan fingerprint density at radius 2 is 2.00 bits per heavy atom. The Hall–Kier alpha value is -2.30. The second-order valence-electron chi connectivity index (χ2n) is 7.26. The quantitative estimate of drug-likeness (QED) is 0.891. The van der Waals surface area contributed by atoms with Gasteiger partial charge >= 0.3 is 0 Å². The van der Waals surface area contributed by atoms with Crippen LogP contribution in [0.5, 0.6) is 5.75 Å². The molecule has 0 spiro atoms. The maximum atomic E-state index is 11.8. The van der Waals surface area contributed by atoms with Crippen LogP contribution in [-0.2, 0) is 4.79 Å². The van der Waals surface area contributed by atoms with Crippen LogP contribution in [0.2, 0.25) is 0 Å². The zero-order valence-electron chi connectivity index (χ0n) is 15.2. The summed E-state index contributed by atoms with van der Waals surface area (Å²) in [6.07, 6.45) is 3.90. The molecular formula is C20H27N3O2. The molecule has 1 amide bonds. The summed E-state index contributed by atoms with van der Waals surface area (Å²) < 4.78 is 6.26. The van der Waals surface area contributed by atoms with E-state index in [1.807, 2.05) is 45.0 Å². The van der Waals surface area contributed by atoms with Gasteiger partial charge in [-0.3, -0.25) is 9.78 Å². The zero-order valence-corrected chi connectivity index (χ0v) is 15.2. The largest absolute Gasteiger partial charge is 0.490 e. The maximum absolute atomic E-state index is 11.8. The Kier molecular flexibility index (Phi) is 5.11. The normalized spacial score (nSPS) is 20.6. The number of aromatic nitrogens is 1. The van der Waals surface area contributed by atoms with Gasteiger partial charge in [-0.25, -0.2) is 0 Å². The molecule has 0 aliphatic heterocycles. The molecule has 1 aromatic heterocycles. The summed E-state index contributed by atoms with van der Waals surface area (Å²) in [5, 5.41) is 4.02. The van der Waals surface area contributed by atoms with Crippen LogP contribution >= 0.6 is 0 Å². The molecule has 3 rings (SSSR count). The molecule has 134 valence electrons. The minimum absolute atomic E-state index is 0.0311. The summed E-state index contributed by atoms with van der Waals surface area (Å²) in [6.45, 7) is 5.78. The lowest BCUT2D eigenvalue weighted by atomic mass is 9.92. The van der Waals surface area contributed by atoms with Crippen molar-refractivity contribution in [2.75, 3.05) is 5.73 Å². The lowest BCUT2D eigenvalue weighted by molar-refractivity contribution is -0.125. The highest BCUT2D eigenvalue weighted by molar-refractivity contribution is 5.95. The molecule has 5 heteroatoms. The van der Waals surface area contributed by atoms with Crippen molar-refractivity contribution >= 4 is 22.5 Å². The number of anilines is 1. The van der Waals surface area contributed by atoms with Gasteiger partial charge in [-0.1, -0.05) is 19.9 Å². The summed E-state index contributed by atoms with van der Waals surface area (Å²) in [5.74, 6) is 0.966. The highest BCUT2D eigenvalue weighted by Crippen LogP contribution is 2.33. The fourth-order valence-corrected chi connectivity index (χ4v) is 3.39. The van der Waals surface area contributed by atoms with Crippen LogP contribution in [0.4, 0.5) is 5.69 Å². The Morgan fingerprint density at radius 1 is 1.28 bits per heavy atom. The number of carbonyl (C=O) groups excluding carboxylic acids is 1. The topological polar surface area (TPSA) is 77.2 Å². The van der Waals surface area contributed by atoms with Crippen LogP contribution in [0.25, 0.3) is 10.9 Å².